The minimum absolute atomic E-state index is 0.314. The fourth-order valence-corrected chi connectivity index (χ4v) is 2.57. The van der Waals surface area contributed by atoms with Crippen molar-refractivity contribution >= 4 is 40.7 Å². The molecular formula is C19H16Cl2N4O. The maximum Gasteiger partial charge on any atom is 0.258 e. The number of hydrogen-bond acceptors (Lipinski definition) is 4. The van der Waals surface area contributed by atoms with E-state index in [2.05, 4.69) is 20.6 Å². The highest BCUT2D eigenvalue weighted by atomic mass is 35.5. The molecule has 0 aliphatic heterocycles. The summed E-state index contributed by atoms with van der Waals surface area (Å²) >= 11 is 11.9. The Bertz CT molecular complexity index is 883. The lowest BCUT2D eigenvalue weighted by Crippen LogP contribution is -2.14. The normalized spacial score (nSPS) is 10.4. The van der Waals surface area contributed by atoms with E-state index in [1.165, 1.54) is 12.4 Å². The largest absolute Gasteiger partial charge is 0.354 e. The van der Waals surface area contributed by atoms with Gasteiger partial charge in [-0.15, -0.1) is 0 Å². The summed E-state index contributed by atoms with van der Waals surface area (Å²) in [4.78, 5) is 20.6. The number of anilines is 2. The molecule has 1 aromatic heterocycles. The van der Waals surface area contributed by atoms with Crippen LogP contribution in [0.5, 0.6) is 0 Å². The Hall–Kier alpha value is -2.63. The van der Waals surface area contributed by atoms with E-state index in [4.69, 9.17) is 23.2 Å². The van der Waals surface area contributed by atoms with E-state index in [-0.39, 0.29) is 5.91 Å². The summed E-state index contributed by atoms with van der Waals surface area (Å²) < 4.78 is 0. The van der Waals surface area contributed by atoms with Crippen LogP contribution in [0.25, 0.3) is 0 Å². The molecule has 0 fully saturated rings. The SMILES string of the molecule is O=C(Nc1ccccc1Cl)c1cnc(NCCc2ccc(Cl)cc2)nc1. The van der Waals surface area contributed by atoms with Crippen LogP contribution < -0.4 is 10.6 Å². The molecule has 132 valence electrons. The third kappa shape index (κ3) is 4.94. The number of hydrogen-bond donors (Lipinski definition) is 2. The molecule has 1 amide bonds. The fourth-order valence-electron chi connectivity index (χ4n) is 2.26. The van der Waals surface area contributed by atoms with Gasteiger partial charge in [0.1, 0.15) is 0 Å². The van der Waals surface area contributed by atoms with Crippen molar-refractivity contribution in [1.29, 1.82) is 0 Å². The number of carbonyl (C=O) groups excluding carboxylic acids is 1. The van der Waals surface area contributed by atoms with Gasteiger partial charge in [-0.2, -0.15) is 0 Å². The summed E-state index contributed by atoms with van der Waals surface area (Å²) in [7, 11) is 0. The standard InChI is InChI=1S/C19H16Cl2N4O/c20-15-7-5-13(6-8-15)9-10-22-19-23-11-14(12-24-19)18(26)25-17-4-2-1-3-16(17)21/h1-8,11-12H,9-10H2,(H,25,26)(H,22,23,24). The maximum absolute atomic E-state index is 12.2. The van der Waals surface area contributed by atoms with Crippen LogP contribution in [-0.2, 0) is 6.42 Å². The number of aromatic nitrogens is 2. The van der Waals surface area contributed by atoms with Gasteiger partial charge in [-0.3, -0.25) is 4.79 Å². The van der Waals surface area contributed by atoms with Crippen molar-refractivity contribution in [3.8, 4) is 0 Å². The molecule has 0 radical (unpaired) electrons. The van der Waals surface area contributed by atoms with Crippen molar-refractivity contribution in [3.63, 3.8) is 0 Å². The first-order valence-electron chi connectivity index (χ1n) is 7.98. The Labute approximate surface area is 161 Å². The van der Waals surface area contributed by atoms with Gasteiger partial charge in [-0.05, 0) is 36.2 Å². The molecule has 26 heavy (non-hydrogen) atoms. The molecule has 3 rings (SSSR count). The van der Waals surface area contributed by atoms with E-state index in [9.17, 15) is 4.79 Å². The first kappa shape index (κ1) is 18.2. The highest BCUT2D eigenvalue weighted by Gasteiger charge is 2.09. The van der Waals surface area contributed by atoms with Crippen molar-refractivity contribution in [3.05, 3.63) is 82.1 Å². The van der Waals surface area contributed by atoms with E-state index in [0.717, 1.165) is 17.0 Å². The number of rotatable bonds is 6. The molecule has 0 spiro atoms. The third-order valence-corrected chi connectivity index (χ3v) is 4.23. The predicted molar refractivity (Wildman–Crippen MR) is 105 cm³/mol. The molecule has 7 heteroatoms. The number of nitrogens with zero attached hydrogens (tertiary/aromatic N) is 2. The van der Waals surface area contributed by atoms with Crippen molar-refractivity contribution in [2.24, 2.45) is 0 Å². The lowest BCUT2D eigenvalue weighted by Gasteiger charge is -2.08. The van der Waals surface area contributed by atoms with Crippen LogP contribution in [0.15, 0.2) is 60.9 Å². The smallest absolute Gasteiger partial charge is 0.258 e. The lowest BCUT2D eigenvalue weighted by molar-refractivity contribution is 0.102. The topological polar surface area (TPSA) is 66.9 Å². The quantitative estimate of drug-likeness (QED) is 0.644. The molecule has 0 saturated carbocycles. The molecule has 0 unspecified atom stereocenters. The fraction of sp³-hybridized carbons (Fsp3) is 0.105. The van der Waals surface area contributed by atoms with Gasteiger partial charge in [0.2, 0.25) is 5.95 Å². The third-order valence-electron chi connectivity index (χ3n) is 3.65. The Morgan fingerprint density at radius 3 is 2.35 bits per heavy atom. The summed E-state index contributed by atoms with van der Waals surface area (Å²) in [6, 6.07) is 14.7. The molecule has 5 nitrogen and oxygen atoms in total. The predicted octanol–water partition coefficient (Wildman–Crippen LogP) is 4.69. The summed E-state index contributed by atoms with van der Waals surface area (Å²) in [6.07, 6.45) is 3.77. The van der Waals surface area contributed by atoms with Crippen molar-refractivity contribution < 1.29 is 4.79 Å². The zero-order valence-electron chi connectivity index (χ0n) is 13.7. The Kier molecular flexibility index (Phi) is 6.04. The van der Waals surface area contributed by atoms with Crippen molar-refractivity contribution in [2.75, 3.05) is 17.2 Å². The number of para-hydroxylation sites is 1. The summed E-state index contributed by atoms with van der Waals surface area (Å²) in [5.41, 5.74) is 2.06. The van der Waals surface area contributed by atoms with Crippen LogP contribution in [0.4, 0.5) is 11.6 Å². The minimum Gasteiger partial charge on any atom is -0.354 e. The van der Waals surface area contributed by atoms with Gasteiger partial charge in [0.05, 0.1) is 16.3 Å². The molecule has 0 saturated heterocycles. The van der Waals surface area contributed by atoms with Crippen molar-refractivity contribution in [2.45, 2.75) is 6.42 Å². The van der Waals surface area contributed by atoms with E-state index < -0.39 is 0 Å². The van der Waals surface area contributed by atoms with Gasteiger partial charge >= 0.3 is 0 Å². The monoisotopic (exact) mass is 386 g/mol. The molecular weight excluding hydrogens is 371 g/mol. The first-order chi connectivity index (χ1) is 12.6. The molecule has 0 atom stereocenters. The second kappa shape index (κ2) is 8.65. The van der Waals surface area contributed by atoms with Gasteiger partial charge in [-0.25, -0.2) is 9.97 Å². The summed E-state index contributed by atoms with van der Waals surface area (Å²) in [5.74, 6) is 0.152. The molecule has 0 bridgehead atoms. The highest BCUT2D eigenvalue weighted by molar-refractivity contribution is 6.33. The zero-order valence-corrected chi connectivity index (χ0v) is 15.3. The molecule has 3 aromatic rings. The Balaban J connectivity index is 1.53. The molecule has 1 heterocycles. The maximum atomic E-state index is 12.2. The van der Waals surface area contributed by atoms with Crippen LogP contribution in [-0.4, -0.2) is 22.4 Å². The average Bonchev–Trinajstić information content (AvgIpc) is 2.66. The van der Waals surface area contributed by atoms with Crippen molar-refractivity contribution in [1.82, 2.24) is 9.97 Å². The minimum atomic E-state index is -0.314. The van der Waals surface area contributed by atoms with E-state index in [1.807, 2.05) is 24.3 Å². The number of amides is 1. The van der Waals surface area contributed by atoms with E-state index in [1.54, 1.807) is 24.3 Å². The van der Waals surface area contributed by atoms with Gasteiger partial charge < -0.3 is 10.6 Å². The van der Waals surface area contributed by atoms with E-state index in [0.29, 0.717) is 28.8 Å². The van der Waals surface area contributed by atoms with Gasteiger partial charge in [0.15, 0.2) is 0 Å². The van der Waals surface area contributed by atoms with Gasteiger partial charge in [-0.1, -0.05) is 47.5 Å². The lowest BCUT2D eigenvalue weighted by atomic mass is 10.1. The van der Waals surface area contributed by atoms with Crippen LogP contribution >= 0.6 is 23.2 Å². The van der Waals surface area contributed by atoms with Crippen LogP contribution in [0, 0.1) is 0 Å². The average molecular weight is 387 g/mol. The van der Waals surface area contributed by atoms with E-state index >= 15 is 0 Å². The number of nitrogens with one attached hydrogen (secondary N) is 2. The van der Waals surface area contributed by atoms with Gasteiger partial charge in [0, 0.05) is 24.0 Å². The zero-order chi connectivity index (χ0) is 18.4. The molecule has 2 aromatic carbocycles. The molecule has 0 aliphatic rings. The summed E-state index contributed by atoms with van der Waals surface area (Å²) in [5, 5.41) is 7.05. The first-order valence-corrected chi connectivity index (χ1v) is 8.73. The number of carbonyl (C=O) groups is 1. The second-order valence-electron chi connectivity index (χ2n) is 5.53. The Morgan fingerprint density at radius 2 is 1.65 bits per heavy atom. The van der Waals surface area contributed by atoms with Crippen LogP contribution in [0.2, 0.25) is 10.0 Å². The number of halogens is 2. The van der Waals surface area contributed by atoms with Crippen LogP contribution in [0.3, 0.4) is 0 Å². The Morgan fingerprint density at radius 1 is 0.962 bits per heavy atom. The molecule has 0 aliphatic carbocycles. The van der Waals surface area contributed by atoms with Crippen LogP contribution in [0.1, 0.15) is 15.9 Å². The highest BCUT2D eigenvalue weighted by Crippen LogP contribution is 2.21. The number of benzene rings is 2. The second-order valence-corrected chi connectivity index (χ2v) is 6.38. The van der Waals surface area contributed by atoms with Gasteiger partial charge in [0.25, 0.3) is 5.91 Å². The summed E-state index contributed by atoms with van der Waals surface area (Å²) in [6.45, 7) is 0.673. The molecule has 2 N–H and O–H groups in total.